The summed E-state index contributed by atoms with van der Waals surface area (Å²) in [5, 5.41) is 0. The molecule has 0 N–H and O–H groups in total. The van der Waals surface area contributed by atoms with Crippen molar-refractivity contribution in [3.05, 3.63) is 100 Å². The standard InChI is InChI=1S/C32H41N3O/c1-5-24-13-9-14-25(6-2)31(24)30-22-35(21-23(3)36-30)32(27-16-11-19-33-20-27)34(4)29-18-10-15-26-12-7-8-17-28(26)29/h7-9,11-14,16-17,19-20,23,29-30,32H,5-6,10,15,18,21-22H2,1-4H3. The van der Waals surface area contributed by atoms with Crippen molar-refractivity contribution < 1.29 is 4.74 Å². The molecular formula is C32H41N3O. The number of aromatic nitrogens is 1. The zero-order valence-electron chi connectivity index (χ0n) is 22.4. The van der Waals surface area contributed by atoms with Gasteiger partial charge >= 0.3 is 0 Å². The molecule has 2 aromatic carbocycles. The molecule has 1 saturated heterocycles. The minimum atomic E-state index is 0.0751. The van der Waals surface area contributed by atoms with Gasteiger partial charge < -0.3 is 4.74 Å². The summed E-state index contributed by atoms with van der Waals surface area (Å²) in [4.78, 5) is 9.80. The second-order valence-corrected chi connectivity index (χ2v) is 10.5. The molecule has 1 aromatic heterocycles. The molecule has 0 radical (unpaired) electrons. The minimum Gasteiger partial charge on any atom is -0.368 e. The van der Waals surface area contributed by atoms with Crippen LogP contribution in [0.15, 0.2) is 67.0 Å². The fraction of sp³-hybridized carbons (Fsp3) is 0.469. The van der Waals surface area contributed by atoms with Crippen molar-refractivity contribution >= 4 is 0 Å². The Kier molecular flexibility index (Phi) is 7.85. The molecule has 4 unspecified atom stereocenters. The Labute approximate surface area is 217 Å². The second kappa shape index (κ2) is 11.2. The molecule has 0 saturated carbocycles. The van der Waals surface area contributed by atoms with E-state index in [1.54, 1.807) is 0 Å². The van der Waals surface area contributed by atoms with E-state index in [1.165, 1.54) is 52.6 Å². The summed E-state index contributed by atoms with van der Waals surface area (Å²) in [6.07, 6.45) is 9.98. The van der Waals surface area contributed by atoms with Crippen molar-refractivity contribution in [3.63, 3.8) is 0 Å². The fourth-order valence-electron chi connectivity index (χ4n) is 6.59. The van der Waals surface area contributed by atoms with E-state index in [4.69, 9.17) is 4.74 Å². The summed E-state index contributed by atoms with van der Waals surface area (Å²) in [7, 11) is 2.32. The number of hydrogen-bond donors (Lipinski definition) is 0. The predicted molar refractivity (Wildman–Crippen MR) is 147 cm³/mol. The normalized spacial score (nSPS) is 23.4. The molecule has 0 amide bonds. The fourth-order valence-corrected chi connectivity index (χ4v) is 6.59. The molecule has 2 heterocycles. The maximum Gasteiger partial charge on any atom is 0.0962 e. The first-order chi connectivity index (χ1) is 17.6. The average molecular weight is 484 g/mol. The van der Waals surface area contributed by atoms with Gasteiger partial charge in [-0.15, -0.1) is 0 Å². The molecule has 36 heavy (non-hydrogen) atoms. The number of rotatable bonds is 7. The quantitative estimate of drug-likeness (QED) is 0.375. The maximum atomic E-state index is 6.68. The Morgan fingerprint density at radius 2 is 1.78 bits per heavy atom. The molecule has 4 atom stereocenters. The average Bonchev–Trinajstić information content (AvgIpc) is 2.92. The van der Waals surface area contributed by atoms with Gasteiger partial charge in [0.2, 0.25) is 0 Å². The van der Waals surface area contributed by atoms with Crippen molar-refractivity contribution in [2.45, 2.75) is 77.3 Å². The van der Waals surface area contributed by atoms with Crippen LogP contribution >= 0.6 is 0 Å². The highest BCUT2D eigenvalue weighted by Crippen LogP contribution is 2.41. The summed E-state index contributed by atoms with van der Waals surface area (Å²) < 4.78 is 6.68. The summed E-state index contributed by atoms with van der Waals surface area (Å²) in [6.45, 7) is 8.54. The van der Waals surface area contributed by atoms with Crippen LogP contribution < -0.4 is 0 Å². The molecule has 3 aromatic rings. The van der Waals surface area contributed by atoms with E-state index in [0.717, 1.165) is 25.9 Å². The zero-order chi connectivity index (χ0) is 25.1. The van der Waals surface area contributed by atoms with Gasteiger partial charge in [0.1, 0.15) is 0 Å². The number of aryl methyl sites for hydroxylation is 3. The molecule has 4 heteroatoms. The lowest BCUT2D eigenvalue weighted by Crippen LogP contribution is -2.50. The van der Waals surface area contributed by atoms with E-state index in [0.29, 0.717) is 6.04 Å². The number of ether oxygens (including phenoxy) is 1. The van der Waals surface area contributed by atoms with Gasteiger partial charge in [-0.25, -0.2) is 0 Å². The number of fused-ring (bicyclic) bond motifs is 1. The van der Waals surface area contributed by atoms with Gasteiger partial charge in [-0.2, -0.15) is 0 Å². The van der Waals surface area contributed by atoms with Gasteiger partial charge in [0.25, 0.3) is 0 Å². The Morgan fingerprint density at radius 3 is 2.50 bits per heavy atom. The largest absolute Gasteiger partial charge is 0.368 e. The van der Waals surface area contributed by atoms with Crippen LogP contribution in [-0.2, 0) is 24.0 Å². The van der Waals surface area contributed by atoms with Crippen LogP contribution in [0.25, 0.3) is 0 Å². The molecule has 0 spiro atoms. The molecule has 190 valence electrons. The molecular weight excluding hydrogens is 442 g/mol. The third kappa shape index (κ3) is 5.00. The predicted octanol–water partition coefficient (Wildman–Crippen LogP) is 6.68. The summed E-state index contributed by atoms with van der Waals surface area (Å²) in [5.41, 5.74) is 8.50. The highest BCUT2D eigenvalue weighted by atomic mass is 16.5. The lowest BCUT2D eigenvalue weighted by molar-refractivity contribution is -0.118. The van der Waals surface area contributed by atoms with Crippen molar-refractivity contribution in [1.29, 1.82) is 0 Å². The van der Waals surface area contributed by atoms with E-state index >= 15 is 0 Å². The van der Waals surface area contributed by atoms with Gasteiger partial charge in [0.15, 0.2) is 0 Å². The van der Waals surface area contributed by atoms with Gasteiger partial charge in [0.05, 0.1) is 18.4 Å². The SMILES string of the molecule is CCc1cccc(CC)c1C1CN(C(c2cccnc2)N(C)C2CCCc3ccccc32)CC(C)O1. The van der Waals surface area contributed by atoms with E-state index in [2.05, 4.69) is 103 Å². The van der Waals surface area contributed by atoms with Gasteiger partial charge in [-0.3, -0.25) is 14.8 Å². The van der Waals surface area contributed by atoms with Crippen LogP contribution in [0.2, 0.25) is 0 Å². The van der Waals surface area contributed by atoms with Crippen LogP contribution in [0.5, 0.6) is 0 Å². The summed E-state index contributed by atoms with van der Waals surface area (Å²) in [5.74, 6) is 0. The van der Waals surface area contributed by atoms with E-state index in [-0.39, 0.29) is 18.4 Å². The van der Waals surface area contributed by atoms with Crippen LogP contribution in [0.1, 0.15) is 85.3 Å². The molecule has 0 bridgehead atoms. The minimum absolute atomic E-state index is 0.0751. The third-order valence-corrected chi connectivity index (χ3v) is 8.20. The van der Waals surface area contributed by atoms with Crippen LogP contribution in [-0.4, -0.2) is 41.0 Å². The number of hydrogen-bond acceptors (Lipinski definition) is 4. The van der Waals surface area contributed by atoms with Gasteiger partial charge in [-0.05, 0) is 80.0 Å². The smallest absolute Gasteiger partial charge is 0.0962 e. The number of benzene rings is 2. The van der Waals surface area contributed by atoms with Crippen molar-refractivity contribution in [2.75, 3.05) is 20.1 Å². The highest BCUT2D eigenvalue weighted by Gasteiger charge is 2.38. The number of pyridine rings is 1. The first-order valence-electron chi connectivity index (χ1n) is 13.8. The third-order valence-electron chi connectivity index (χ3n) is 8.20. The van der Waals surface area contributed by atoms with Crippen LogP contribution in [0, 0.1) is 0 Å². The second-order valence-electron chi connectivity index (χ2n) is 10.5. The van der Waals surface area contributed by atoms with E-state index < -0.39 is 0 Å². The molecule has 2 aliphatic rings. The molecule has 4 nitrogen and oxygen atoms in total. The zero-order valence-corrected chi connectivity index (χ0v) is 22.4. The van der Waals surface area contributed by atoms with Gasteiger partial charge in [0, 0.05) is 37.1 Å². The highest BCUT2D eigenvalue weighted by molar-refractivity contribution is 5.38. The first kappa shape index (κ1) is 25.1. The van der Waals surface area contributed by atoms with Crippen LogP contribution in [0.4, 0.5) is 0 Å². The van der Waals surface area contributed by atoms with Gasteiger partial charge in [-0.1, -0.05) is 62.4 Å². The Balaban J connectivity index is 1.52. The Bertz CT molecular complexity index is 1120. The topological polar surface area (TPSA) is 28.6 Å². The molecule has 5 rings (SSSR count). The molecule has 1 aliphatic heterocycles. The first-order valence-corrected chi connectivity index (χ1v) is 13.8. The lowest BCUT2D eigenvalue weighted by Gasteiger charge is -2.47. The van der Waals surface area contributed by atoms with E-state index in [9.17, 15) is 0 Å². The Morgan fingerprint density at radius 1 is 1.00 bits per heavy atom. The lowest BCUT2D eigenvalue weighted by atomic mass is 9.86. The number of morpholine rings is 1. The van der Waals surface area contributed by atoms with Crippen LogP contribution in [0.3, 0.4) is 0 Å². The monoisotopic (exact) mass is 483 g/mol. The van der Waals surface area contributed by atoms with Crippen molar-refractivity contribution in [2.24, 2.45) is 0 Å². The summed E-state index contributed by atoms with van der Waals surface area (Å²) >= 11 is 0. The Hall–Kier alpha value is -2.53. The van der Waals surface area contributed by atoms with E-state index in [1.807, 2.05) is 6.20 Å². The molecule has 1 aliphatic carbocycles. The maximum absolute atomic E-state index is 6.68. The molecule has 1 fully saturated rings. The summed E-state index contributed by atoms with van der Waals surface area (Å²) in [6, 6.07) is 20.5. The number of nitrogens with zero attached hydrogens (tertiary/aromatic N) is 3. The van der Waals surface area contributed by atoms with Crippen molar-refractivity contribution in [1.82, 2.24) is 14.8 Å². The van der Waals surface area contributed by atoms with Crippen molar-refractivity contribution in [3.8, 4) is 0 Å².